The highest BCUT2D eigenvalue weighted by Crippen LogP contribution is 2.07. The lowest BCUT2D eigenvalue weighted by Crippen LogP contribution is -2.61. The molecular weight excluding hydrogens is 140 g/mol. The smallest absolute Gasteiger partial charge is 0.148 e. The van der Waals surface area contributed by atoms with Crippen LogP contribution in [0.2, 0.25) is 0 Å². The molecule has 0 aliphatic carbocycles. The summed E-state index contributed by atoms with van der Waals surface area (Å²) in [6.45, 7) is 0. The lowest BCUT2D eigenvalue weighted by atomic mass is 10.2. The van der Waals surface area contributed by atoms with Crippen LogP contribution in [0.5, 0.6) is 0 Å². The van der Waals surface area contributed by atoms with E-state index in [1.165, 1.54) is 0 Å². The van der Waals surface area contributed by atoms with Crippen LogP contribution in [0.15, 0.2) is 0 Å². The maximum atomic E-state index is 10.3. The maximum Gasteiger partial charge on any atom is 0.148 e. The van der Waals surface area contributed by atoms with Gasteiger partial charge in [0, 0.05) is 0 Å². The van der Waals surface area contributed by atoms with Crippen LogP contribution in [0.25, 0.3) is 0 Å². The van der Waals surface area contributed by atoms with E-state index in [-0.39, 0.29) is 5.39 Å². The zero-order chi connectivity index (χ0) is 7.72. The Morgan fingerprint density at radius 3 is 1.90 bits per heavy atom. The average molecular weight is 149 g/mol. The summed E-state index contributed by atoms with van der Waals surface area (Å²) >= 11 is 0. The molecule has 60 valence electrons. The fourth-order valence-corrected chi connectivity index (χ4v) is 0.551. The first-order valence-electron chi connectivity index (χ1n) is 2.69. The fourth-order valence-electron chi connectivity index (χ4n) is 0.551. The van der Waals surface area contributed by atoms with E-state index in [2.05, 4.69) is 9.68 Å². The van der Waals surface area contributed by atoms with Gasteiger partial charge in [0.15, 0.2) is 0 Å². The molecule has 1 aliphatic rings. The van der Waals surface area contributed by atoms with Gasteiger partial charge in [-0.15, -0.1) is 5.39 Å². The summed E-state index contributed by atoms with van der Waals surface area (Å²) in [5.74, 6) is 0. The van der Waals surface area contributed by atoms with E-state index in [9.17, 15) is 5.21 Å². The summed E-state index contributed by atoms with van der Waals surface area (Å²) < 4.78 is 0. The number of rotatable bonds is 0. The molecule has 1 fully saturated rings. The molecule has 7 nitrogen and oxygen atoms in total. The van der Waals surface area contributed by atoms with Crippen LogP contribution in [0.1, 0.15) is 0 Å². The van der Waals surface area contributed by atoms with Crippen molar-refractivity contribution in [2.45, 2.75) is 18.5 Å². The predicted octanol–water partition coefficient (Wildman–Crippen LogP) is -2.44. The molecule has 0 spiro atoms. The van der Waals surface area contributed by atoms with Gasteiger partial charge in [-0.05, 0) is 0 Å². The molecular formula is C3H9N4O3-. The lowest BCUT2D eigenvalue weighted by Gasteiger charge is -2.40. The van der Waals surface area contributed by atoms with Gasteiger partial charge in [-0.2, -0.15) is 0 Å². The minimum atomic E-state index is -0.902. The second-order valence-electron chi connectivity index (χ2n) is 1.94. The molecule has 0 aromatic heterocycles. The number of nitrogens with two attached hydrogens (primary N) is 3. The third-order valence-corrected chi connectivity index (χ3v) is 1.17. The zero-order valence-corrected chi connectivity index (χ0v) is 5.14. The number of hydrogen-bond acceptors (Lipinski definition) is 7. The van der Waals surface area contributed by atoms with Crippen LogP contribution < -0.4 is 17.2 Å². The molecule has 0 saturated carbocycles. The Kier molecular flexibility index (Phi) is 2.16. The van der Waals surface area contributed by atoms with Crippen LogP contribution in [0.4, 0.5) is 0 Å². The summed E-state index contributed by atoms with van der Waals surface area (Å²) in [6.07, 6.45) is -1.80. The molecule has 0 bridgehead atoms. The normalized spacial score (nSPS) is 43.8. The van der Waals surface area contributed by atoms with E-state index in [1.54, 1.807) is 0 Å². The van der Waals surface area contributed by atoms with Crippen LogP contribution in [-0.4, -0.2) is 23.9 Å². The third kappa shape index (κ3) is 1.41. The van der Waals surface area contributed by atoms with Crippen molar-refractivity contribution in [1.29, 1.82) is 0 Å². The molecule has 0 amide bonds. The van der Waals surface area contributed by atoms with Crippen LogP contribution in [-0.2, 0) is 9.68 Å². The summed E-state index contributed by atoms with van der Waals surface area (Å²) in [5.41, 5.74) is 15.7. The van der Waals surface area contributed by atoms with E-state index >= 15 is 0 Å². The summed E-state index contributed by atoms with van der Waals surface area (Å²) in [5, 5.41) is 10.1. The van der Waals surface area contributed by atoms with Crippen molar-refractivity contribution in [1.82, 2.24) is 5.39 Å². The fraction of sp³-hybridized carbons (Fsp3) is 1.00. The van der Waals surface area contributed by atoms with Gasteiger partial charge >= 0.3 is 0 Å². The Morgan fingerprint density at radius 2 is 1.50 bits per heavy atom. The first-order valence-corrected chi connectivity index (χ1v) is 2.69. The second kappa shape index (κ2) is 2.76. The van der Waals surface area contributed by atoms with Gasteiger partial charge in [0.1, 0.15) is 12.5 Å². The van der Waals surface area contributed by atoms with Gasteiger partial charge in [-0.3, -0.25) is 9.68 Å². The van der Waals surface area contributed by atoms with E-state index < -0.39 is 18.5 Å². The van der Waals surface area contributed by atoms with Crippen LogP contribution >= 0.6 is 0 Å². The molecule has 7 heteroatoms. The first-order chi connectivity index (χ1) is 4.61. The molecule has 1 aliphatic heterocycles. The topological polar surface area (TPSA) is 123 Å². The van der Waals surface area contributed by atoms with Gasteiger partial charge in [-0.1, -0.05) is 0 Å². The van der Waals surface area contributed by atoms with Gasteiger partial charge in [0.05, 0.1) is 6.04 Å². The van der Waals surface area contributed by atoms with Crippen molar-refractivity contribution < 1.29 is 9.68 Å². The van der Waals surface area contributed by atoms with Gasteiger partial charge in [-0.25, -0.2) is 0 Å². The minimum Gasteiger partial charge on any atom is -0.738 e. The highest BCUT2D eigenvalue weighted by Gasteiger charge is 2.28. The summed E-state index contributed by atoms with van der Waals surface area (Å²) in [6, 6.07) is -0.676. The summed E-state index contributed by atoms with van der Waals surface area (Å²) in [7, 11) is 0. The van der Waals surface area contributed by atoms with E-state index in [4.69, 9.17) is 17.2 Å². The SMILES string of the molecule is NC1ON([O-])OC(N)C1N. The molecule has 0 radical (unpaired) electrons. The highest BCUT2D eigenvalue weighted by atomic mass is 17.1. The molecule has 1 saturated heterocycles. The van der Waals surface area contributed by atoms with Crippen LogP contribution in [0.3, 0.4) is 0 Å². The monoisotopic (exact) mass is 149 g/mol. The Balaban J connectivity index is 2.49. The molecule has 0 aromatic rings. The van der Waals surface area contributed by atoms with E-state index in [0.717, 1.165) is 0 Å². The summed E-state index contributed by atoms with van der Waals surface area (Å²) in [4.78, 5) is 8.59. The molecule has 2 atom stereocenters. The first kappa shape index (κ1) is 7.82. The maximum absolute atomic E-state index is 10.3. The quantitative estimate of drug-likeness (QED) is 0.349. The van der Waals surface area contributed by atoms with Crippen molar-refractivity contribution in [2.75, 3.05) is 0 Å². The Hall–Kier alpha value is -0.280. The number of nitrogens with zero attached hydrogens (tertiary/aromatic N) is 1. The largest absolute Gasteiger partial charge is 0.738 e. The molecule has 10 heavy (non-hydrogen) atoms. The molecule has 1 rings (SSSR count). The van der Waals surface area contributed by atoms with Crippen molar-refractivity contribution in [3.05, 3.63) is 5.21 Å². The average Bonchev–Trinajstić information content (AvgIpc) is 1.82. The highest BCUT2D eigenvalue weighted by molar-refractivity contribution is 4.75. The number of hydrogen-bond donors (Lipinski definition) is 3. The van der Waals surface area contributed by atoms with Gasteiger partial charge in [0.25, 0.3) is 0 Å². The predicted molar refractivity (Wildman–Crippen MR) is 31.3 cm³/mol. The Labute approximate surface area is 57.1 Å². The standard InChI is InChI=1S/C3H9N4O3/c4-1-2(5)9-7(8)10-3(1)6/h1-3H,4-6H2/q-1. The van der Waals surface area contributed by atoms with Crippen molar-refractivity contribution >= 4 is 0 Å². The van der Waals surface area contributed by atoms with Crippen LogP contribution in [0, 0.1) is 5.21 Å². The Bertz CT molecular complexity index is 110. The molecule has 1 heterocycles. The molecule has 2 unspecified atom stereocenters. The van der Waals surface area contributed by atoms with Crippen molar-refractivity contribution in [2.24, 2.45) is 17.2 Å². The third-order valence-electron chi connectivity index (χ3n) is 1.17. The van der Waals surface area contributed by atoms with E-state index in [1.807, 2.05) is 0 Å². The minimum absolute atomic E-state index is 0.140. The van der Waals surface area contributed by atoms with Gasteiger partial charge in [0.2, 0.25) is 0 Å². The molecule has 0 aromatic carbocycles. The van der Waals surface area contributed by atoms with Crippen molar-refractivity contribution in [3.8, 4) is 0 Å². The lowest BCUT2D eigenvalue weighted by molar-refractivity contribution is -0.410. The van der Waals surface area contributed by atoms with E-state index in [0.29, 0.717) is 0 Å². The van der Waals surface area contributed by atoms with Gasteiger partial charge < -0.3 is 22.4 Å². The van der Waals surface area contributed by atoms with Crippen molar-refractivity contribution in [3.63, 3.8) is 0 Å². The molecule has 6 N–H and O–H groups in total. The zero-order valence-electron chi connectivity index (χ0n) is 5.14. The Morgan fingerprint density at radius 1 is 1.10 bits per heavy atom. The second-order valence-corrected chi connectivity index (χ2v) is 1.94.